The van der Waals surface area contributed by atoms with Gasteiger partial charge >= 0.3 is 0 Å². The van der Waals surface area contributed by atoms with Crippen LogP contribution in [0.4, 0.5) is 0 Å². The summed E-state index contributed by atoms with van der Waals surface area (Å²) in [5.74, 6) is -0.264. The molecule has 5 nitrogen and oxygen atoms in total. The average molecular weight is 409 g/mol. The van der Waals surface area contributed by atoms with Crippen molar-refractivity contribution in [3.63, 3.8) is 0 Å². The van der Waals surface area contributed by atoms with Gasteiger partial charge in [0.05, 0.1) is 4.90 Å². The summed E-state index contributed by atoms with van der Waals surface area (Å²) in [4.78, 5) is 14.5. The van der Waals surface area contributed by atoms with Crippen LogP contribution < -0.4 is 4.72 Å². The third kappa shape index (κ3) is 5.54. The van der Waals surface area contributed by atoms with Crippen LogP contribution in [0.5, 0.6) is 0 Å². The quantitative estimate of drug-likeness (QED) is 0.813. The Bertz CT molecular complexity index is 950. The first kappa shape index (κ1) is 21.4. The zero-order valence-electron chi connectivity index (χ0n) is 16.2. The number of nitrogens with one attached hydrogen (secondary N) is 1. The number of hydrogen-bond donors (Lipinski definition) is 1. The lowest BCUT2D eigenvalue weighted by Gasteiger charge is -2.22. The Balaban J connectivity index is 2.32. The molecular formula is C20H25ClN2O3S. The summed E-state index contributed by atoms with van der Waals surface area (Å²) in [6.07, 6.45) is 0. The summed E-state index contributed by atoms with van der Waals surface area (Å²) >= 11 is 6.17. The topological polar surface area (TPSA) is 66.5 Å². The van der Waals surface area contributed by atoms with Gasteiger partial charge in [0.25, 0.3) is 5.91 Å². The number of halogens is 1. The molecule has 0 spiro atoms. The Kier molecular flexibility index (Phi) is 6.35. The fourth-order valence-corrected chi connectivity index (χ4v) is 4.26. The van der Waals surface area contributed by atoms with E-state index in [2.05, 4.69) is 4.72 Å². The molecule has 27 heavy (non-hydrogen) atoms. The summed E-state index contributed by atoms with van der Waals surface area (Å²) in [6, 6.07) is 11.9. The molecule has 0 bridgehead atoms. The molecular weight excluding hydrogens is 384 g/mol. The average Bonchev–Trinajstić information content (AvgIpc) is 2.54. The lowest BCUT2D eigenvalue weighted by molar-refractivity contribution is 0.0784. The molecule has 0 heterocycles. The van der Waals surface area contributed by atoms with E-state index in [-0.39, 0.29) is 10.8 Å². The summed E-state index contributed by atoms with van der Waals surface area (Å²) < 4.78 is 27.8. The predicted octanol–water partition coefficient (Wildman–Crippen LogP) is 4.00. The van der Waals surface area contributed by atoms with Gasteiger partial charge in [-0.1, -0.05) is 35.9 Å². The van der Waals surface area contributed by atoms with Crippen molar-refractivity contribution in [2.75, 3.05) is 7.05 Å². The maximum Gasteiger partial charge on any atom is 0.254 e. The lowest BCUT2D eigenvalue weighted by atomic mass is 10.1. The van der Waals surface area contributed by atoms with Crippen LogP contribution in [0.3, 0.4) is 0 Å². The first-order chi connectivity index (χ1) is 12.4. The fraction of sp³-hybridized carbons (Fsp3) is 0.350. The summed E-state index contributed by atoms with van der Waals surface area (Å²) in [6.45, 7) is 7.41. The van der Waals surface area contributed by atoms with Crippen molar-refractivity contribution in [2.45, 2.75) is 44.7 Å². The zero-order chi connectivity index (χ0) is 20.4. The van der Waals surface area contributed by atoms with Gasteiger partial charge in [-0.25, -0.2) is 13.1 Å². The highest BCUT2D eigenvalue weighted by atomic mass is 35.5. The zero-order valence-corrected chi connectivity index (χ0v) is 17.8. The molecule has 0 aliphatic rings. The Morgan fingerprint density at radius 3 is 2.37 bits per heavy atom. The molecule has 0 saturated carbocycles. The van der Waals surface area contributed by atoms with Gasteiger partial charge in [-0.15, -0.1) is 0 Å². The number of carbonyl (C=O) groups is 1. The molecule has 0 unspecified atom stereocenters. The molecule has 0 fully saturated rings. The van der Waals surface area contributed by atoms with Crippen LogP contribution in [0.2, 0.25) is 5.02 Å². The lowest BCUT2D eigenvalue weighted by Crippen LogP contribution is -2.40. The molecule has 0 radical (unpaired) electrons. The molecule has 1 amide bonds. The molecule has 1 N–H and O–H groups in total. The second kappa shape index (κ2) is 8.00. The second-order valence-corrected chi connectivity index (χ2v) is 9.67. The SMILES string of the molecule is Cc1ccc(S(=O)(=O)NC(C)(C)C)cc1C(=O)N(C)Cc1ccccc1Cl. The predicted molar refractivity (Wildman–Crippen MR) is 109 cm³/mol. The number of benzene rings is 2. The molecule has 2 aromatic carbocycles. The fourth-order valence-electron chi connectivity index (χ4n) is 2.62. The molecule has 0 aromatic heterocycles. The van der Waals surface area contributed by atoms with Gasteiger partial charge in [0, 0.05) is 29.7 Å². The summed E-state index contributed by atoms with van der Waals surface area (Å²) in [7, 11) is -2.06. The number of hydrogen-bond acceptors (Lipinski definition) is 3. The van der Waals surface area contributed by atoms with Crippen molar-refractivity contribution >= 4 is 27.5 Å². The van der Waals surface area contributed by atoms with Crippen LogP contribution in [-0.4, -0.2) is 31.8 Å². The number of rotatable bonds is 5. The summed E-state index contributed by atoms with van der Waals surface area (Å²) in [5.41, 5.74) is 1.27. The molecule has 0 aliphatic carbocycles. The van der Waals surface area contributed by atoms with Crippen molar-refractivity contribution in [2.24, 2.45) is 0 Å². The standard InChI is InChI=1S/C20H25ClN2O3S/c1-14-10-11-16(27(25,26)22-20(2,3)4)12-17(14)19(24)23(5)13-15-8-6-7-9-18(15)21/h6-12,22H,13H2,1-5H3. The van der Waals surface area contributed by atoms with E-state index in [1.165, 1.54) is 17.0 Å². The van der Waals surface area contributed by atoms with E-state index in [0.29, 0.717) is 22.7 Å². The molecule has 2 rings (SSSR count). The van der Waals surface area contributed by atoms with Crippen LogP contribution in [-0.2, 0) is 16.6 Å². The molecule has 2 aromatic rings. The van der Waals surface area contributed by atoms with Crippen LogP contribution in [0.15, 0.2) is 47.4 Å². The van der Waals surface area contributed by atoms with Gasteiger partial charge in [0.2, 0.25) is 10.0 Å². The van der Waals surface area contributed by atoms with Crippen LogP contribution in [0, 0.1) is 6.92 Å². The van der Waals surface area contributed by atoms with Gasteiger partial charge in [-0.05, 0) is 57.0 Å². The summed E-state index contributed by atoms with van der Waals surface area (Å²) in [5, 5.41) is 0.583. The minimum Gasteiger partial charge on any atom is -0.337 e. The molecule has 0 atom stereocenters. The monoisotopic (exact) mass is 408 g/mol. The van der Waals surface area contributed by atoms with E-state index in [9.17, 15) is 13.2 Å². The number of carbonyl (C=O) groups excluding carboxylic acids is 1. The van der Waals surface area contributed by atoms with E-state index in [1.54, 1.807) is 46.9 Å². The third-order valence-electron chi connectivity index (χ3n) is 3.90. The molecule has 0 aliphatic heterocycles. The van der Waals surface area contributed by atoms with Crippen LogP contribution in [0.1, 0.15) is 42.3 Å². The van der Waals surface area contributed by atoms with E-state index in [1.807, 2.05) is 18.2 Å². The van der Waals surface area contributed by atoms with Gasteiger partial charge < -0.3 is 4.90 Å². The van der Waals surface area contributed by atoms with E-state index in [4.69, 9.17) is 11.6 Å². The van der Waals surface area contributed by atoms with Crippen molar-refractivity contribution in [3.05, 3.63) is 64.2 Å². The highest BCUT2D eigenvalue weighted by molar-refractivity contribution is 7.89. The Morgan fingerprint density at radius 2 is 1.78 bits per heavy atom. The highest BCUT2D eigenvalue weighted by Crippen LogP contribution is 2.21. The number of sulfonamides is 1. The van der Waals surface area contributed by atoms with Crippen molar-refractivity contribution in [3.8, 4) is 0 Å². The molecule has 146 valence electrons. The highest BCUT2D eigenvalue weighted by Gasteiger charge is 2.24. The first-order valence-electron chi connectivity index (χ1n) is 8.54. The second-order valence-electron chi connectivity index (χ2n) is 7.58. The number of amides is 1. The maximum atomic E-state index is 12.9. The Labute approximate surface area is 166 Å². The van der Waals surface area contributed by atoms with Crippen LogP contribution in [0.25, 0.3) is 0 Å². The minimum absolute atomic E-state index is 0.0671. The number of aryl methyl sites for hydroxylation is 1. The van der Waals surface area contributed by atoms with Crippen LogP contribution >= 0.6 is 11.6 Å². The Hall–Kier alpha value is -1.89. The van der Waals surface area contributed by atoms with Crippen molar-refractivity contribution < 1.29 is 13.2 Å². The van der Waals surface area contributed by atoms with Gasteiger partial charge in [0.1, 0.15) is 0 Å². The molecule has 7 heteroatoms. The van der Waals surface area contributed by atoms with E-state index >= 15 is 0 Å². The van der Waals surface area contributed by atoms with Gasteiger partial charge in [-0.2, -0.15) is 0 Å². The van der Waals surface area contributed by atoms with Crippen molar-refractivity contribution in [1.82, 2.24) is 9.62 Å². The Morgan fingerprint density at radius 1 is 1.15 bits per heavy atom. The maximum absolute atomic E-state index is 12.9. The first-order valence-corrected chi connectivity index (χ1v) is 10.4. The smallest absolute Gasteiger partial charge is 0.254 e. The normalized spacial score (nSPS) is 12.1. The minimum atomic E-state index is -3.72. The molecule has 0 saturated heterocycles. The van der Waals surface area contributed by atoms with E-state index in [0.717, 1.165) is 5.56 Å². The van der Waals surface area contributed by atoms with E-state index < -0.39 is 15.6 Å². The largest absolute Gasteiger partial charge is 0.337 e. The van der Waals surface area contributed by atoms with Crippen molar-refractivity contribution in [1.29, 1.82) is 0 Å². The van der Waals surface area contributed by atoms with Gasteiger partial charge in [0.15, 0.2) is 0 Å². The number of nitrogens with zero attached hydrogens (tertiary/aromatic N) is 1. The van der Waals surface area contributed by atoms with Gasteiger partial charge in [-0.3, -0.25) is 4.79 Å². The third-order valence-corrected chi connectivity index (χ3v) is 6.03.